The molecule has 0 heterocycles. The molecule has 0 unspecified atom stereocenters. The Morgan fingerprint density at radius 1 is 1.38 bits per heavy atom. The van der Waals surface area contributed by atoms with Gasteiger partial charge in [0.05, 0.1) is 6.61 Å². The molecule has 0 saturated heterocycles. The molecule has 1 nitrogen and oxygen atoms in total. The monoisotopic (exact) mass is 194 g/mol. The van der Waals surface area contributed by atoms with Gasteiger partial charge in [0.15, 0.2) is 0 Å². The van der Waals surface area contributed by atoms with Crippen molar-refractivity contribution in [3.05, 3.63) is 41.5 Å². The third-order valence-corrected chi connectivity index (χ3v) is 2.17. The summed E-state index contributed by atoms with van der Waals surface area (Å²) in [6, 6.07) is 8.04. The molecule has 0 aliphatic carbocycles. The SMILES string of the molecule is CC(=CCc1ccc(S)cc1)CO. The Labute approximate surface area is 84.5 Å². The molecule has 0 fully saturated rings. The molecule has 0 bridgehead atoms. The van der Waals surface area contributed by atoms with Crippen molar-refractivity contribution in [3.8, 4) is 0 Å². The Morgan fingerprint density at radius 3 is 2.54 bits per heavy atom. The second-order valence-electron chi connectivity index (χ2n) is 3.08. The number of hydrogen-bond acceptors (Lipinski definition) is 2. The average molecular weight is 194 g/mol. The van der Waals surface area contributed by atoms with Crippen molar-refractivity contribution in [1.82, 2.24) is 0 Å². The molecule has 13 heavy (non-hydrogen) atoms. The van der Waals surface area contributed by atoms with Gasteiger partial charge in [0, 0.05) is 4.90 Å². The first kappa shape index (κ1) is 10.4. The highest BCUT2D eigenvalue weighted by Crippen LogP contribution is 2.09. The van der Waals surface area contributed by atoms with E-state index in [0.717, 1.165) is 16.9 Å². The predicted molar refractivity (Wildman–Crippen MR) is 58.2 cm³/mol. The zero-order chi connectivity index (χ0) is 9.68. The summed E-state index contributed by atoms with van der Waals surface area (Å²) >= 11 is 4.20. The molecule has 0 aromatic heterocycles. The average Bonchev–Trinajstić information content (AvgIpc) is 2.16. The highest BCUT2D eigenvalue weighted by Gasteiger charge is 1.90. The van der Waals surface area contributed by atoms with E-state index in [1.54, 1.807) is 0 Å². The maximum Gasteiger partial charge on any atom is 0.0639 e. The lowest BCUT2D eigenvalue weighted by molar-refractivity contribution is 0.331. The number of hydrogen-bond donors (Lipinski definition) is 2. The van der Waals surface area contributed by atoms with Crippen molar-refractivity contribution in [2.24, 2.45) is 0 Å². The maximum absolute atomic E-state index is 8.78. The van der Waals surface area contributed by atoms with E-state index in [2.05, 4.69) is 12.6 Å². The molecule has 1 rings (SSSR count). The Morgan fingerprint density at radius 2 is 2.00 bits per heavy atom. The summed E-state index contributed by atoms with van der Waals surface area (Å²) in [7, 11) is 0. The molecule has 0 saturated carbocycles. The largest absolute Gasteiger partial charge is 0.392 e. The summed E-state index contributed by atoms with van der Waals surface area (Å²) in [6.45, 7) is 2.07. The molecule has 1 aromatic rings. The zero-order valence-electron chi connectivity index (χ0n) is 7.70. The summed E-state index contributed by atoms with van der Waals surface area (Å²) in [5.41, 5.74) is 2.25. The van der Waals surface area contributed by atoms with Gasteiger partial charge < -0.3 is 5.11 Å². The van der Waals surface area contributed by atoms with E-state index in [0.29, 0.717) is 0 Å². The van der Waals surface area contributed by atoms with Crippen molar-refractivity contribution < 1.29 is 5.11 Å². The van der Waals surface area contributed by atoms with Crippen LogP contribution in [-0.2, 0) is 6.42 Å². The Bertz CT molecular complexity index is 287. The molecule has 0 amide bonds. The number of thiol groups is 1. The van der Waals surface area contributed by atoms with Crippen LogP contribution < -0.4 is 0 Å². The predicted octanol–water partition coefficient (Wildman–Crippen LogP) is 2.46. The lowest BCUT2D eigenvalue weighted by atomic mass is 10.1. The van der Waals surface area contributed by atoms with Gasteiger partial charge in [-0.2, -0.15) is 0 Å². The lowest BCUT2D eigenvalue weighted by Crippen LogP contribution is -1.86. The number of rotatable bonds is 3. The van der Waals surface area contributed by atoms with Crippen LogP contribution in [0.15, 0.2) is 40.8 Å². The summed E-state index contributed by atoms with van der Waals surface area (Å²) < 4.78 is 0. The van der Waals surface area contributed by atoms with E-state index < -0.39 is 0 Å². The van der Waals surface area contributed by atoms with Gasteiger partial charge in [-0.15, -0.1) is 12.6 Å². The molecule has 0 atom stereocenters. The van der Waals surface area contributed by atoms with Crippen LogP contribution >= 0.6 is 12.6 Å². The van der Waals surface area contributed by atoms with Crippen molar-refractivity contribution in [1.29, 1.82) is 0 Å². The maximum atomic E-state index is 8.78. The normalized spacial score (nSPS) is 11.8. The topological polar surface area (TPSA) is 20.2 Å². The van der Waals surface area contributed by atoms with Crippen molar-refractivity contribution in [2.45, 2.75) is 18.2 Å². The molecule has 1 N–H and O–H groups in total. The van der Waals surface area contributed by atoms with Crippen LogP contribution in [0.4, 0.5) is 0 Å². The number of aliphatic hydroxyl groups excluding tert-OH is 1. The van der Waals surface area contributed by atoms with Gasteiger partial charge in [-0.05, 0) is 31.0 Å². The Kier molecular flexibility index (Phi) is 4.06. The zero-order valence-corrected chi connectivity index (χ0v) is 8.59. The van der Waals surface area contributed by atoms with Crippen LogP contribution in [0.2, 0.25) is 0 Å². The minimum atomic E-state index is 0.144. The molecule has 0 radical (unpaired) electrons. The van der Waals surface area contributed by atoms with Gasteiger partial charge in [-0.1, -0.05) is 23.8 Å². The van der Waals surface area contributed by atoms with Crippen molar-refractivity contribution >= 4 is 12.6 Å². The lowest BCUT2D eigenvalue weighted by Gasteiger charge is -1.98. The highest BCUT2D eigenvalue weighted by atomic mass is 32.1. The van der Waals surface area contributed by atoms with Gasteiger partial charge in [-0.3, -0.25) is 0 Å². The molecule has 0 aliphatic heterocycles. The van der Waals surface area contributed by atoms with E-state index in [9.17, 15) is 0 Å². The second-order valence-corrected chi connectivity index (χ2v) is 3.60. The summed E-state index contributed by atoms with van der Waals surface area (Å²) in [4.78, 5) is 0.978. The first-order valence-corrected chi connectivity index (χ1v) is 4.71. The van der Waals surface area contributed by atoms with Gasteiger partial charge >= 0.3 is 0 Å². The standard InChI is InChI=1S/C11H14OS/c1-9(8-12)2-3-10-4-6-11(13)7-5-10/h2,4-7,12-13H,3,8H2,1H3. The molecule has 0 spiro atoms. The minimum absolute atomic E-state index is 0.144. The molecular weight excluding hydrogens is 180 g/mol. The Balaban J connectivity index is 2.60. The van der Waals surface area contributed by atoms with E-state index >= 15 is 0 Å². The van der Waals surface area contributed by atoms with E-state index in [4.69, 9.17) is 5.11 Å². The van der Waals surface area contributed by atoms with Gasteiger partial charge in [0.25, 0.3) is 0 Å². The third-order valence-electron chi connectivity index (χ3n) is 1.87. The third kappa shape index (κ3) is 3.66. The van der Waals surface area contributed by atoms with Crippen LogP contribution in [0.1, 0.15) is 12.5 Å². The van der Waals surface area contributed by atoms with E-state index in [-0.39, 0.29) is 6.61 Å². The smallest absolute Gasteiger partial charge is 0.0639 e. The summed E-state index contributed by atoms with van der Waals surface area (Å²) in [6.07, 6.45) is 2.91. The van der Waals surface area contributed by atoms with Gasteiger partial charge in [0.2, 0.25) is 0 Å². The minimum Gasteiger partial charge on any atom is -0.392 e. The van der Waals surface area contributed by atoms with E-state index in [1.807, 2.05) is 37.3 Å². The van der Waals surface area contributed by atoms with Crippen LogP contribution in [0, 0.1) is 0 Å². The van der Waals surface area contributed by atoms with Crippen LogP contribution in [0.3, 0.4) is 0 Å². The molecule has 1 aromatic carbocycles. The number of aliphatic hydroxyl groups is 1. The number of allylic oxidation sites excluding steroid dienone is 1. The van der Waals surface area contributed by atoms with Crippen molar-refractivity contribution in [2.75, 3.05) is 6.61 Å². The summed E-state index contributed by atoms with van der Waals surface area (Å²) in [5.74, 6) is 0. The van der Waals surface area contributed by atoms with Crippen LogP contribution in [0.25, 0.3) is 0 Å². The number of benzene rings is 1. The quantitative estimate of drug-likeness (QED) is 0.559. The molecule has 70 valence electrons. The van der Waals surface area contributed by atoms with Crippen molar-refractivity contribution in [3.63, 3.8) is 0 Å². The molecule has 0 aliphatic rings. The van der Waals surface area contributed by atoms with Gasteiger partial charge in [-0.25, -0.2) is 0 Å². The first-order chi connectivity index (χ1) is 6.22. The summed E-state index contributed by atoms with van der Waals surface area (Å²) in [5, 5.41) is 8.78. The molecule has 2 heteroatoms. The first-order valence-electron chi connectivity index (χ1n) is 4.27. The fraction of sp³-hybridized carbons (Fsp3) is 0.273. The Hall–Kier alpha value is -0.730. The van der Waals surface area contributed by atoms with Gasteiger partial charge in [0.1, 0.15) is 0 Å². The fourth-order valence-corrected chi connectivity index (χ4v) is 1.14. The van der Waals surface area contributed by atoms with E-state index in [1.165, 1.54) is 5.56 Å². The van der Waals surface area contributed by atoms with Crippen LogP contribution in [0.5, 0.6) is 0 Å². The second kappa shape index (κ2) is 5.10. The molecular formula is C11H14OS. The fourth-order valence-electron chi connectivity index (χ4n) is 0.989. The highest BCUT2D eigenvalue weighted by molar-refractivity contribution is 7.80. The van der Waals surface area contributed by atoms with Crippen LogP contribution in [-0.4, -0.2) is 11.7 Å².